The third kappa shape index (κ3) is 10.4. The number of hydrogen-bond acceptors (Lipinski definition) is 2. The van der Waals surface area contributed by atoms with E-state index < -0.39 is 11.7 Å². The van der Waals surface area contributed by atoms with Gasteiger partial charge in [-0.05, 0) is 19.8 Å². The molecule has 0 heterocycles. The second kappa shape index (κ2) is 11.7. The Morgan fingerprint density at radius 2 is 1.26 bits per heavy atom. The predicted octanol–water partition coefficient (Wildman–Crippen LogP) is 4.82. The topological polar surface area (TPSA) is 40.5 Å². The molecule has 0 aliphatic carbocycles. The minimum atomic E-state index is -0.892. The number of unbranched alkanes of at least 4 members (excludes halogenated alkanes) is 8. The zero-order valence-corrected chi connectivity index (χ0v) is 13.5. The first-order valence-electron chi connectivity index (χ1n) is 8.45. The van der Waals surface area contributed by atoms with E-state index in [1.165, 1.54) is 51.4 Å². The molecule has 2 unspecified atom stereocenters. The van der Waals surface area contributed by atoms with Gasteiger partial charge < -0.3 is 10.2 Å². The smallest absolute Gasteiger partial charge is 0.0877 e. The Balaban J connectivity index is 3.65. The van der Waals surface area contributed by atoms with Crippen molar-refractivity contribution >= 4 is 0 Å². The Morgan fingerprint density at radius 3 is 1.79 bits per heavy atom. The summed E-state index contributed by atoms with van der Waals surface area (Å²) < 4.78 is 0. The van der Waals surface area contributed by atoms with Crippen LogP contribution in [0.4, 0.5) is 0 Å². The average molecular weight is 272 g/mol. The Labute approximate surface area is 120 Å². The van der Waals surface area contributed by atoms with Gasteiger partial charge in [-0.25, -0.2) is 0 Å². The standard InChI is InChI=1S/C17H36O2/c1-4-6-8-10-12-14-16(18)17(3,19)15-13-11-9-7-5-2/h16,18-19H,4-15H2,1-3H3. The molecule has 0 spiro atoms. The third-order valence-electron chi connectivity index (χ3n) is 4.09. The van der Waals surface area contributed by atoms with Crippen LogP contribution in [0, 0.1) is 0 Å². The monoisotopic (exact) mass is 272 g/mol. The van der Waals surface area contributed by atoms with Crippen molar-refractivity contribution in [3.8, 4) is 0 Å². The molecule has 0 rings (SSSR count). The molecule has 0 saturated heterocycles. The van der Waals surface area contributed by atoms with Gasteiger partial charge in [0.15, 0.2) is 0 Å². The van der Waals surface area contributed by atoms with Crippen LogP contribution in [-0.2, 0) is 0 Å². The first-order chi connectivity index (χ1) is 9.04. The molecule has 2 heteroatoms. The first-order valence-corrected chi connectivity index (χ1v) is 8.45. The molecule has 0 radical (unpaired) electrons. The lowest BCUT2D eigenvalue weighted by Gasteiger charge is -2.29. The molecule has 0 bridgehead atoms. The molecule has 116 valence electrons. The Bertz CT molecular complexity index is 190. The molecule has 0 aromatic carbocycles. The zero-order valence-electron chi connectivity index (χ0n) is 13.5. The van der Waals surface area contributed by atoms with E-state index in [2.05, 4.69) is 13.8 Å². The van der Waals surface area contributed by atoms with Gasteiger partial charge in [0, 0.05) is 0 Å². The van der Waals surface area contributed by atoms with E-state index in [0.29, 0.717) is 0 Å². The van der Waals surface area contributed by atoms with Crippen LogP contribution in [0.2, 0.25) is 0 Å². The average Bonchev–Trinajstić information content (AvgIpc) is 2.38. The van der Waals surface area contributed by atoms with Crippen molar-refractivity contribution in [2.45, 2.75) is 110 Å². The van der Waals surface area contributed by atoms with Crippen LogP contribution in [0.25, 0.3) is 0 Å². The van der Waals surface area contributed by atoms with Gasteiger partial charge in [0.25, 0.3) is 0 Å². The fraction of sp³-hybridized carbons (Fsp3) is 1.00. The fourth-order valence-corrected chi connectivity index (χ4v) is 2.51. The van der Waals surface area contributed by atoms with Crippen LogP contribution in [0.3, 0.4) is 0 Å². The van der Waals surface area contributed by atoms with E-state index in [0.717, 1.165) is 25.7 Å². The Kier molecular flexibility index (Phi) is 11.7. The summed E-state index contributed by atoms with van der Waals surface area (Å²) in [4.78, 5) is 0. The molecule has 0 aliphatic heterocycles. The van der Waals surface area contributed by atoms with Crippen LogP contribution in [0.1, 0.15) is 97.8 Å². The maximum Gasteiger partial charge on any atom is 0.0877 e. The highest BCUT2D eigenvalue weighted by molar-refractivity contribution is 4.81. The molecule has 2 N–H and O–H groups in total. The second-order valence-corrected chi connectivity index (χ2v) is 6.24. The minimum Gasteiger partial charge on any atom is -0.390 e. The van der Waals surface area contributed by atoms with Crippen molar-refractivity contribution in [2.75, 3.05) is 0 Å². The quantitative estimate of drug-likeness (QED) is 0.472. The lowest BCUT2D eigenvalue weighted by Crippen LogP contribution is -2.39. The SMILES string of the molecule is CCCCCCCC(O)C(C)(O)CCCCCCC. The zero-order chi connectivity index (χ0) is 14.6. The van der Waals surface area contributed by atoms with Crippen LogP contribution in [-0.4, -0.2) is 21.9 Å². The molecule has 0 saturated carbocycles. The van der Waals surface area contributed by atoms with Crippen molar-refractivity contribution in [2.24, 2.45) is 0 Å². The van der Waals surface area contributed by atoms with Gasteiger partial charge in [-0.15, -0.1) is 0 Å². The Morgan fingerprint density at radius 1 is 0.789 bits per heavy atom. The van der Waals surface area contributed by atoms with Crippen molar-refractivity contribution in [1.82, 2.24) is 0 Å². The van der Waals surface area contributed by atoms with Crippen molar-refractivity contribution < 1.29 is 10.2 Å². The van der Waals surface area contributed by atoms with E-state index in [1.54, 1.807) is 6.92 Å². The number of aliphatic hydroxyl groups excluding tert-OH is 1. The van der Waals surface area contributed by atoms with Gasteiger partial charge in [0.1, 0.15) is 0 Å². The lowest BCUT2D eigenvalue weighted by atomic mass is 9.89. The normalized spacial score (nSPS) is 16.3. The molecule has 0 amide bonds. The summed E-state index contributed by atoms with van der Waals surface area (Å²) in [6.45, 7) is 6.21. The third-order valence-corrected chi connectivity index (χ3v) is 4.09. The van der Waals surface area contributed by atoms with E-state index in [9.17, 15) is 10.2 Å². The maximum atomic E-state index is 10.3. The summed E-state index contributed by atoms with van der Waals surface area (Å²) in [5, 5.41) is 20.4. The summed E-state index contributed by atoms with van der Waals surface area (Å²) in [7, 11) is 0. The maximum absolute atomic E-state index is 10.3. The summed E-state index contributed by atoms with van der Waals surface area (Å²) >= 11 is 0. The minimum absolute atomic E-state index is 0.555. The van der Waals surface area contributed by atoms with Gasteiger partial charge in [-0.3, -0.25) is 0 Å². The molecular formula is C17H36O2. The van der Waals surface area contributed by atoms with Gasteiger partial charge in [0.2, 0.25) is 0 Å². The van der Waals surface area contributed by atoms with Gasteiger partial charge in [0.05, 0.1) is 11.7 Å². The van der Waals surface area contributed by atoms with Crippen LogP contribution in [0.15, 0.2) is 0 Å². The second-order valence-electron chi connectivity index (χ2n) is 6.24. The summed E-state index contributed by atoms with van der Waals surface area (Å²) in [5.41, 5.74) is -0.892. The highest BCUT2D eigenvalue weighted by atomic mass is 16.3. The van der Waals surface area contributed by atoms with E-state index >= 15 is 0 Å². The van der Waals surface area contributed by atoms with E-state index in [-0.39, 0.29) is 0 Å². The van der Waals surface area contributed by atoms with Crippen LogP contribution >= 0.6 is 0 Å². The molecular weight excluding hydrogens is 236 g/mol. The lowest BCUT2D eigenvalue weighted by molar-refractivity contribution is -0.0721. The summed E-state index contributed by atoms with van der Waals surface area (Å²) in [6.07, 6.45) is 12.9. The van der Waals surface area contributed by atoms with Crippen LogP contribution < -0.4 is 0 Å². The fourth-order valence-electron chi connectivity index (χ4n) is 2.51. The molecule has 0 aromatic rings. The molecule has 19 heavy (non-hydrogen) atoms. The number of aliphatic hydroxyl groups is 2. The van der Waals surface area contributed by atoms with E-state index in [4.69, 9.17) is 0 Å². The van der Waals surface area contributed by atoms with Crippen molar-refractivity contribution in [3.63, 3.8) is 0 Å². The molecule has 0 aliphatic rings. The predicted molar refractivity (Wildman–Crippen MR) is 83.4 cm³/mol. The molecule has 2 nitrogen and oxygen atoms in total. The van der Waals surface area contributed by atoms with Gasteiger partial charge in [-0.2, -0.15) is 0 Å². The van der Waals surface area contributed by atoms with Crippen molar-refractivity contribution in [1.29, 1.82) is 0 Å². The van der Waals surface area contributed by atoms with Gasteiger partial charge >= 0.3 is 0 Å². The summed E-state index contributed by atoms with van der Waals surface area (Å²) in [5.74, 6) is 0. The first kappa shape index (κ1) is 18.9. The largest absolute Gasteiger partial charge is 0.390 e. The van der Waals surface area contributed by atoms with E-state index in [1.807, 2.05) is 0 Å². The highest BCUT2D eigenvalue weighted by Crippen LogP contribution is 2.23. The Hall–Kier alpha value is -0.0800. The van der Waals surface area contributed by atoms with Crippen molar-refractivity contribution in [3.05, 3.63) is 0 Å². The summed E-state index contributed by atoms with van der Waals surface area (Å²) in [6, 6.07) is 0. The molecule has 2 atom stereocenters. The van der Waals surface area contributed by atoms with Gasteiger partial charge in [-0.1, -0.05) is 78.1 Å². The van der Waals surface area contributed by atoms with Crippen LogP contribution in [0.5, 0.6) is 0 Å². The highest BCUT2D eigenvalue weighted by Gasteiger charge is 2.28. The molecule has 0 aromatic heterocycles. The number of hydrogen-bond donors (Lipinski definition) is 2. The number of rotatable bonds is 13. The molecule has 0 fully saturated rings.